The summed E-state index contributed by atoms with van der Waals surface area (Å²) in [6.07, 6.45) is 1.87. The maximum Gasteiger partial charge on any atom is 0.119 e. The van der Waals surface area contributed by atoms with Crippen LogP contribution >= 0.6 is 11.9 Å². The van der Waals surface area contributed by atoms with Crippen molar-refractivity contribution in [1.29, 1.82) is 0 Å². The van der Waals surface area contributed by atoms with E-state index in [0.29, 0.717) is 6.61 Å². The SMILES string of the molecule is C=C(C)C(=C)CCCOc1ccc(NSc2ccc3[nH][nH]c3c2)cc1.CC(C)(C)c1cccc(N)c1. The summed E-state index contributed by atoms with van der Waals surface area (Å²) in [6, 6.07) is 22.3. The van der Waals surface area contributed by atoms with E-state index in [1.54, 1.807) is 11.9 Å². The molecule has 0 aliphatic rings. The Hall–Kier alpha value is -3.51. The van der Waals surface area contributed by atoms with Crippen LogP contribution in [0.1, 0.15) is 46.1 Å². The smallest absolute Gasteiger partial charge is 0.119 e. The molecule has 0 amide bonds. The van der Waals surface area contributed by atoms with Gasteiger partial charge in [-0.1, -0.05) is 57.2 Å². The summed E-state index contributed by atoms with van der Waals surface area (Å²) in [5, 5.41) is 6.08. The molecule has 190 valence electrons. The predicted octanol–water partition coefficient (Wildman–Crippen LogP) is 8.47. The lowest BCUT2D eigenvalue weighted by atomic mass is 9.87. The largest absolute Gasteiger partial charge is 0.494 e. The molecule has 4 aromatic rings. The van der Waals surface area contributed by atoms with Crippen molar-refractivity contribution in [2.45, 2.75) is 50.8 Å². The number of nitrogens with one attached hydrogen (secondary N) is 3. The van der Waals surface area contributed by atoms with Crippen LogP contribution in [0.5, 0.6) is 5.75 Å². The van der Waals surface area contributed by atoms with Crippen molar-refractivity contribution in [2.75, 3.05) is 17.1 Å². The highest BCUT2D eigenvalue weighted by Crippen LogP contribution is 2.26. The van der Waals surface area contributed by atoms with Gasteiger partial charge in [0.15, 0.2) is 0 Å². The van der Waals surface area contributed by atoms with Crippen molar-refractivity contribution in [3.05, 3.63) is 96.6 Å². The van der Waals surface area contributed by atoms with Crippen LogP contribution in [-0.4, -0.2) is 16.8 Å². The number of nitrogens with two attached hydrogens (primary N) is 1. The topological polar surface area (TPSA) is 78.9 Å². The van der Waals surface area contributed by atoms with E-state index in [0.717, 1.165) is 57.0 Å². The number of aromatic amines is 2. The number of anilines is 2. The van der Waals surface area contributed by atoms with E-state index in [1.165, 1.54) is 5.56 Å². The molecule has 0 aliphatic heterocycles. The van der Waals surface area contributed by atoms with Crippen LogP contribution in [0.25, 0.3) is 11.0 Å². The second-order valence-electron chi connectivity index (χ2n) is 9.90. The lowest BCUT2D eigenvalue weighted by Crippen LogP contribution is -2.10. The number of H-pyrrole nitrogens is 2. The Bertz CT molecular complexity index is 1280. The maximum atomic E-state index is 5.77. The van der Waals surface area contributed by atoms with Gasteiger partial charge >= 0.3 is 0 Å². The van der Waals surface area contributed by atoms with Gasteiger partial charge in [0.25, 0.3) is 0 Å². The normalized spacial score (nSPS) is 11.0. The molecule has 0 saturated heterocycles. The number of allylic oxidation sites excluding steroid dienone is 2. The van der Waals surface area contributed by atoms with Gasteiger partial charge in [-0.25, -0.2) is 0 Å². The van der Waals surface area contributed by atoms with Crippen molar-refractivity contribution in [3.8, 4) is 5.75 Å². The van der Waals surface area contributed by atoms with E-state index in [1.807, 2.05) is 49.4 Å². The molecular formula is C30H38N4OS. The van der Waals surface area contributed by atoms with Crippen molar-refractivity contribution in [2.24, 2.45) is 0 Å². The molecule has 0 saturated carbocycles. The second-order valence-corrected chi connectivity index (χ2v) is 10.8. The van der Waals surface area contributed by atoms with Crippen LogP contribution in [0.2, 0.25) is 0 Å². The van der Waals surface area contributed by atoms with Gasteiger partial charge in [-0.3, -0.25) is 10.2 Å². The van der Waals surface area contributed by atoms with Crippen molar-refractivity contribution >= 4 is 34.4 Å². The van der Waals surface area contributed by atoms with Gasteiger partial charge in [-0.15, -0.1) is 0 Å². The summed E-state index contributed by atoms with van der Waals surface area (Å²) >= 11 is 1.59. The second kappa shape index (κ2) is 12.5. The minimum absolute atomic E-state index is 0.204. The molecule has 5 N–H and O–H groups in total. The summed E-state index contributed by atoms with van der Waals surface area (Å²) in [7, 11) is 0. The number of rotatable bonds is 9. The zero-order valence-electron chi connectivity index (χ0n) is 21.8. The molecule has 0 unspecified atom stereocenters. The molecule has 6 heteroatoms. The molecule has 4 rings (SSSR count). The molecular weight excluding hydrogens is 464 g/mol. The minimum Gasteiger partial charge on any atom is -0.494 e. The van der Waals surface area contributed by atoms with Gasteiger partial charge in [-0.2, -0.15) is 0 Å². The number of ether oxygens (including phenoxy) is 1. The minimum atomic E-state index is 0.204. The summed E-state index contributed by atoms with van der Waals surface area (Å²) in [6.45, 7) is 17.1. The van der Waals surface area contributed by atoms with Gasteiger partial charge in [0, 0.05) is 16.3 Å². The summed E-state index contributed by atoms with van der Waals surface area (Å²) < 4.78 is 9.12. The van der Waals surface area contributed by atoms with Gasteiger partial charge in [0.05, 0.1) is 17.6 Å². The molecule has 0 atom stereocenters. The molecule has 0 spiro atoms. The zero-order chi connectivity index (χ0) is 26.1. The fourth-order valence-corrected chi connectivity index (χ4v) is 3.99. The molecule has 1 aromatic heterocycles. The van der Waals surface area contributed by atoms with Crippen molar-refractivity contribution in [3.63, 3.8) is 0 Å². The van der Waals surface area contributed by atoms with Crippen LogP contribution in [0, 0.1) is 0 Å². The Kier molecular flexibility index (Phi) is 9.37. The first-order chi connectivity index (χ1) is 17.1. The van der Waals surface area contributed by atoms with Crippen LogP contribution in [0.3, 0.4) is 0 Å². The fraction of sp³-hybridized carbons (Fsp3) is 0.267. The van der Waals surface area contributed by atoms with Crippen LogP contribution in [0.4, 0.5) is 11.4 Å². The molecule has 0 radical (unpaired) electrons. The average Bonchev–Trinajstić information content (AvgIpc) is 2.82. The quantitative estimate of drug-likeness (QED) is 0.0801. The lowest BCUT2D eigenvalue weighted by Gasteiger charge is -2.18. The number of aromatic nitrogens is 2. The van der Waals surface area contributed by atoms with E-state index in [2.05, 4.69) is 73.1 Å². The third-order valence-corrected chi connectivity index (χ3v) is 6.54. The Morgan fingerprint density at radius 3 is 2.25 bits per heavy atom. The standard InChI is InChI=1S/C20H23N3OS.C10H15N/c1-14(2)15(3)5-4-12-24-17-8-6-16(7-9-17)23-25-18-10-11-19-20(13-18)22-21-19;1-10(2,3)8-5-4-6-9(11)7-8/h6-11,13,21-23H,1,3-5,12H2,2H3;4-7H,11H2,1-3H3. The van der Waals surface area contributed by atoms with E-state index in [4.69, 9.17) is 10.5 Å². The van der Waals surface area contributed by atoms with Gasteiger partial charge < -0.3 is 15.2 Å². The monoisotopic (exact) mass is 502 g/mol. The molecule has 3 aromatic carbocycles. The Labute approximate surface area is 219 Å². The molecule has 36 heavy (non-hydrogen) atoms. The van der Waals surface area contributed by atoms with Gasteiger partial charge in [0.1, 0.15) is 5.75 Å². The predicted molar refractivity (Wildman–Crippen MR) is 157 cm³/mol. The highest BCUT2D eigenvalue weighted by atomic mass is 32.2. The van der Waals surface area contributed by atoms with Crippen LogP contribution in [0.15, 0.2) is 95.9 Å². The summed E-state index contributed by atoms with van der Waals surface area (Å²) in [5.41, 5.74) is 13.5. The number of hydrogen-bond donors (Lipinski definition) is 4. The zero-order valence-corrected chi connectivity index (χ0v) is 22.6. The molecule has 0 bridgehead atoms. The third-order valence-electron chi connectivity index (χ3n) is 5.71. The Morgan fingerprint density at radius 1 is 0.972 bits per heavy atom. The molecule has 1 heterocycles. The number of nitrogen functional groups attached to an aromatic ring is 1. The van der Waals surface area contributed by atoms with Crippen LogP contribution < -0.4 is 15.2 Å². The van der Waals surface area contributed by atoms with Gasteiger partial charge in [-0.05, 0) is 97.3 Å². The van der Waals surface area contributed by atoms with E-state index in [-0.39, 0.29) is 5.41 Å². The van der Waals surface area contributed by atoms with E-state index in [9.17, 15) is 0 Å². The average molecular weight is 503 g/mol. The van der Waals surface area contributed by atoms with Crippen molar-refractivity contribution < 1.29 is 4.74 Å². The number of fused-ring (bicyclic) bond motifs is 1. The van der Waals surface area contributed by atoms with E-state index < -0.39 is 0 Å². The molecule has 0 fully saturated rings. The third kappa shape index (κ3) is 8.31. The van der Waals surface area contributed by atoms with Crippen LogP contribution in [-0.2, 0) is 5.41 Å². The summed E-state index contributed by atoms with van der Waals surface area (Å²) in [4.78, 5) is 1.16. The number of benzene rings is 3. The first-order valence-electron chi connectivity index (χ1n) is 12.1. The first kappa shape index (κ1) is 27.1. The first-order valence-corrected chi connectivity index (χ1v) is 12.9. The summed E-state index contributed by atoms with van der Waals surface area (Å²) in [5.74, 6) is 0.882. The molecule has 5 nitrogen and oxygen atoms in total. The van der Waals surface area contributed by atoms with E-state index >= 15 is 0 Å². The Balaban J connectivity index is 0.000000275. The molecule has 0 aliphatic carbocycles. The van der Waals surface area contributed by atoms with Crippen molar-refractivity contribution in [1.82, 2.24) is 10.2 Å². The van der Waals surface area contributed by atoms with Gasteiger partial charge in [0.2, 0.25) is 0 Å². The highest BCUT2D eigenvalue weighted by molar-refractivity contribution is 8.00. The fourth-order valence-electron chi connectivity index (χ4n) is 3.30. The maximum absolute atomic E-state index is 5.77. The Morgan fingerprint density at radius 2 is 1.69 bits per heavy atom. The number of hydrogen-bond acceptors (Lipinski definition) is 4. The lowest BCUT2D eigenvalue weighted by molar-refractivity contribution is 0.311. The highest BCUT2D eigenvalue weighted by Gasteiger charge is 2.12.